The summed E-state index contributed by atoms with van der Waals surface area (Å²) in [6, 6.07) is 19.2. The van der Waals surface area contributed by atoms with Gasteiger partial charge in [-0.05, 0) is 17.7 Å². The molecule has 0 aromatic heterocycles. The van der Waals surface area contributed by atoms with E-state index in [2.05, 4.69) is 6.58 Å². The first-order valence-corrected chi connectivity index (χ1v) is 7.19. The molecule has 3 heteroatoms. The van der Waals surface area contributed by atoms with E-state index in [4.69, 9.17) is 4.74 Å². The van der Waals surface area contributed by atoms with Gasteiger partial charge in [-0.15, -0.1) is 0 Å². The van der Waals surface area contributed by atoms with Crippen molar-refractivity contribution < 1.29 is 9.53 Å². The number of rotatable bonds is 5. The lowest BCUT2D eigenvalue weighted by Gasteiger charge is -2.42. The van der Waals surface area contributed by atoms with Gasteiger partial charge in [-0.25, -0.2) is 0 Å². The van der Waals surface area contributed by atoms with E-state index < -0.39 is 6.10 Å². The van der Waals surface area contributed by atoms with Crippen LogP contribution >= 0.6 is 0 Å². The van der Waals surface area contributed by atoms with Crippen molar-refractivity contribution in [3.63, 3.8) is 0 Å². The molecule has 1 heterocycles. The van der Waals surface area contributed by atoms with Crippen LogP contribution in [0.2, 0.25) is 0 Å². The highest BCUT2D eigenvalue weighted by atomic mass is 16.5. The Bertz CT molecular complexity index is 679. The Balaban J connectivity index is 1.76. The number of ether oxygens (including phenoxy) is 1. The van der Waals surface area contributed by atoms with Crippen LogP contribution in [-0.2, 0) is 4.79 Å². The minimum atomic E-state index is -0.500. The second kappa shape index (κ2) is 6.31. The second-order valence-electron chi connectivity index (χ2n) is 5.04. The molecule has 0 saturated carbocycles. The maximum Gasteiger partial charge on any atom is 0.270 e. The molecule has 1 fully saturated rings. The summed E-state index contributed by atoms with van der Waals surface area (Å²) in [7, 11) is 0. The smallest absolute Gasteiger partial charge is 0.270 e. The van der Waals surface area contributed by atoms with Crippen LogP contribution in [0.4, 0.5) is 0 Å². The molecule has 1 aliphatic rings. The largest absolute Gasteiger partial charge is 0.478 e. The van der Waals surface area contributed by atoms with E-state index in [9.17, 15) is 4.79 Å². The van der Waals surface area contributed by atoms with Gasteiger partial charge in [0.2, 0.25) is 6.10 Å². The lowest BCUT2D eigenvalue weighted by molar-refractivity contribution is -0.153. The summed E-state index contributed by atoms with van der Waals surface area (Å²) < 4.78 is 5.81. The molecule has 3 rings (SSSR count). The van der Waals surface area contributed by atoms with E-state index >= 15 is 0 Å². The van der Waals surface area contributed by atoms with Crippen molar-refractivity contribution in [2.75, 3.05) is 0 Å². The van der Waals surface area contributed by atoms with Crippen molar-refractivity contribution in [2.24, 2.45) is 0 Å². The average Bonchev–Trinajstić information content (AvgIpc) is 2.58. The number of nitrogens with zero attached hydrogens (tertiary/aromatic N) is 1. The fraction of sp³-hybridized carbons (Fsp3) is 0.105. The van der Waals surface area contributed by atoms with Crippen LogP contribution in [0.1, 0.15) is 5.56 Å². The number of hydrogen-bond donors (Lipinski definition) is 0. The highest BCUT2D eigenvalue weighted by Gasteiger charge is 2.46. The molecule has 3 nitrogen and oxygen atoms in total. The normalized spacial score (nSPS) is 20.7. The first-order chi connectivity index (χ1) is 10.8. The summed E-state index contributed by atoms with van der Waals surface area (Å²) in [6.07, 6.45) is 5.02. The maximum absolute atomic E-state index is 12.1. The lowest BCUT2D eigenvalue weighted by Crippen LogP contribution is -2.63. The van der Waals surface area contributed by atoms with Gasteiger partial charge >= 0.3 is 0 Å². The molecule has 1 aliphatic heterocycles. The minimum absolute atomic E-state index is 0.0680. The number of likely N-dealkylation sites (tertiary alicyclic amines) is 1. The van der Waals surface area contributed by atoms with Crippen LogP contribution in [0.5, 0.6) is 5.75 Å². The quantitative estimate of drug-likeness (QED) is 0.789. The molecule has 0 bridgehead atoms. The molecule has 2 aromatic carbocycles. The van der Waals surface area contributed by atoms with E-state index in [0.29, 0.717) is 5.75 Å². The molecular weight excluding hydrogens is 274 g/mol. The average molecular weight is 291 g/mol. The lowest BCUT2D eigenvalue weighted by atomic mass is 9.97. The predicted octanol–water partition coefficient (Wildman–Crippen LogP) is 3.50. The molecule has 22 heavy (non-hydrogen) atoms. The minimum Gasteiger partial charge on any atom is -0.478 e. The van der Waals surface area contributed by atoms with Crippen LogP contribution in [0, 0.1) is 0 Å². The van der Waals surface area contributed by atoms with Crippen LogP contribution in [0.15, 0.2) is 79.5 Å². The second-order valence-corrected chi connectivity index (χ2v) is 5.04. The van der Waals surface area contributed by atoms with Gasteiger partial charge in [0.15, 0.2) is 0 Å². The Labute approximate surface area is 130 Å². The van der Waals surface area contributed by atoms with Crippen LogP contribution < -0.4 is 4.74 Å². The first-order valence-electron chi connectivity index (χ1n) is 7.19. The zero-order valence-corrected chi connectivity index (χ0v) is 12.1. The Morgan fingerprint density at radius 2 is 1.64 bits per heavy atom. The van der Waals surface area contributed by atoms with Gasteiger partial charge in [-0.3, -0.25) is 4.79 Å². The molecule has 1 saturated heterocycles. The van der Waals surface area contributed by atoms with Gasteiger partial charge in [-0.2, -0.15) is 0 Å². The van der Waals surface area contributed by atoms with Crippen molar-refractivity contribution in [3.8, 4) is 5.75 Å². The number of β-lactam (4-membered cyclic amide) rings is 1. The third-order valence-electron chi connectivity index (χ3n) is 3.62. The SMILES string of the molecule is C=CN1C(=O)[C@@H](Oc2ccccc2)[C@H]1/C=C/c1ccccc1. The zero-order valence-electron chi connectivity index (χ0n) is 12.1. The molecule has 0 aliphatic carbocycles. The molecule has 0 unspecified atom stereocenters. The first kappa shape index (κ1) is 14.1. The summed E-state index contributed by atoms with van der Waals surface area (Å²) in [4.78, 5) is 13.7. The maximum atomic E-state index is 12.1. The summed E-state index contributed by atoms with van der Waals surface area (Å²) >= 11 is 0. The molecule has 0 spiro atoms. The standard InChI is InChI=1S/C19H17NO2/c1-2-20-17(14-13-15-9-5-3-6-10-15)18(19(20)21)22-16-11-7-4-8-12-16/h2-14,17-18H,1H2/b14-13+/t17-,18+/m1/s1. The van der Waals surface area contributed by atoms with E-state index in [-0.39, 0.29) is 11.9 Å². The molecule has 0 N–H and O–H groups in total. The predicted molar refractivity (Wildman–Crippen MR) is 87.2 cm³/mol. The highest BCUT2D eigenvalue weighted by molar-refractivity contribution is 5.90. The summed E-state index contributed by atoms with van der Waals surface area (Å²) in [5.74, 6) is 0.629. The Morgan fingerprint density at radius 3 is 2.27 bits per heavy atom. The van der Waals surface area contributed by atoms with Crippen molar-refractivity contribution in [1.29, 1.82) is 0 Å². The van der Waals surface area contributed by atoms with Gasteiger partial charge in [-0.1, -0.05) is 67.3 Å². The van der Waals surface area contributed by atoms with Crippen molar-refractivity contribution >= 4 is 12.0 Å². The number of carbonyl (C=O) groups is 1. The Hall–Kier alpha value is -2.81. The molecule has 1 amide bonds. The van der Waals surface area contributed by atoms with E-state index in [1.54, 1.807) is 11.1 Å². The Morgan fingerprint density at radius 1 is 1.00 bits per heavy atom. The number of hydrogen-bond acceptors (Lipinski definition) is 2. The molecule has 110 valence electrons. The van der Waals surface area contributed by atoms with Crippen molar-refractivity contribution in [3.05, 3.63) is 85.1 Å². The fourth-order valence-corrected chi connectivity index (χ4v) is 2.45. The Kier molecular flexibility index (Phi) is 4.05. The summed E-state index contributed by atoms with van der Waals surface area (Å²) in [5.41, 5.74) is 1.09. The third-order valence-corrected chi connectivity index (χ3v) is 3.62. The van der Waals surface area contributed by atoms with Gasteiger partial charge in [0, 0.05) is 6.20 Å². The number of amides is 1. The van der Waals surface area contributed by atoms with Crippen LogP contribution in [-0.4, -0.2) is 23.0 Å². The van der Waals surface area contributed by atoms with E-state index in [0.717, 1.165) is 5.56 Å². The third kappa shape index (κ3) is 2.79. The number of benzene rings is 2. The van der Waals surface area contributed by atoms with Crippen molar-refractivity contribution in [2.45, 2.75) is 12.1 Å². The molecule has 2 atom stereocenters. The molecular formula is C19H17NO2. The van der Waals surface area contributed by atoms with Gasteiger partial charge in [0.25, 0.3) is 5.91 Å². The van der Waals surface area contributed by atoms with Crippen molar-refractivity contribution in [1.82, 2.24) is 4.90 Å². The van der Waals surface area contributed by atoms with Gasteiger partial charge < -0.3 is 9.64 Å². The van der Waals surface area contributed by atoms with Gasteiger partial charge in [0.05, 0.1) is 0 Å². The monoisotopic (exact) mass is 291 g/mol. The van der Waals surface area contributed by atoms with E-state index in [1.165, 1.54) is 0 Å². The van der Waals surface area contributed by atoms with E-state index in [1.807, 2.05) is 72.8 Å². The molecule has 0 radical (unpaired) electrons. The van der Waals surface area contributed by atoms with Gasteiger partial charge in [0.1, 0.15) is 11.8 Å². The highest BCUT2D eigenvalue weighted by Crippen LogP contribution is 2.27. The molecule has 2 aromatic rings. The zero-order chi connectivity index (χ0) is 15.4. The number of carbonyl (C=O) groups excluding carboxylic acids is 1. The van der Waals surface area contributed by atoms with Crippen LogP contribution in [0.25, 0.3) is 6.08 Å². The fourth-order valence-electron chi connectivity index (χ4n) is 2.45. The van der Waals surface area contributed by atoms with Crippen LogP contribution in [0.3, 0.4) is 0 Å². The topological polar surface area (TPSA) is 29.5 Å². The summed E-state index contributed by atoms with van der Waals surface area (Å²) in [5, 5.41) is 0. The number of para-hydroxylation sites is 1. The summed E-state index contributed by atoms with van der Waals surface area (Å²) in [6.45, 7) is 3.70.